The summed E-state index contributed by atoms with van der Waals surface area (Å²) in [7, 11) is 0. The highest BCUT2D eigenvalue weighted by atomic mass is 35.5. The van der Waals surface area contributed by atoms with Crippen molar-refractivity contribution in [1.29, 1.82) is 0 Å². The Bertz CT molecular complexity index is 1750. The minimum atomic E-state index is -0.115. The number of piperazine rings is 1. The summed E-state index contributed by atoms with van der Waals surface area (Å²) in [6, 6.07) is 24.9. The Morgan fingerprint density at radius 3 is 2.60 bits per heavy atom. The minimum Gasteiger partial charge on any atom is -0.484 e. The molecule has 3 heterocycles. The maximum Gasteiger partial charge on any atom is 0.260 e. The molecule has 5 aromatic rings. The van der Waals surface area contributed by atoms with Gasteiger partial charge in [0.15, 0.2) is 12.3 Å². The van der Waals surface area contributed by atoms with Crippen molar-refractivity contribution in [3.63, 3.8) is 0 Å². The van der Waals surface area contributed by atoms with E-state index in [2.05, 4.69) is 14.8 Å². The number of fused-ring (bicyclic) bond motifs is 3. The molecule has 0 aliphatic carbocycles. The number of hydrogen-bond donors (Lipinski definition) is 0. The first-order chi connectivity index (χ1) is 20.5. The largest absolute Gasteiger partial charge is 0.484 e. The number of carbonyl (C=O) groups excluding carboxylic acids is 2. The first kappa shape index (κ1) is 28.0. The predicted octanol–water partition coefficient (Wildman–Crippen LogP) is 4.91. The Hall–Kier alpha value is -4.15. The van der Waals surface area contributed by atoms with Crippen LogP contribution in [-0.2, 0) is 16.1 Å². The van der Waals surface area contributed by atoms with Gasteiger partial charge in [-0.25, -0.2) is 4.98 Å². The zero-order chi connectivity index (χ0) is 29.1. The van der Waals surface area contributed by atoms with Gasteiger partial charge in [0, 0.05) is 42.6 Å². The van der Waals surface area contributed by atoms with Crippen molar-refractivity contribution in [2.45, 2.75) is 24.7 Å². The number of thioether (sulfide) groups is 1. The van der Waals surface area contributed by atoms with Crippen LogP contribution in [0.4, 0.5) is 0 Å². The maximum absolute atomic E-state index is 13.1. The van der Waals surface area contributed by atoms with Gasteiger partial charge in [0.25, 0.3) is 5.91 Å². The second-order valence-electron chi connectivity index (χ2n) is 10.2. The molecule has 11 heteroatoms. The van der Waals surface area contributed by atoms with Crippen molar-refractivity contribution >= 4 is 57.2 Å². The Balaban J connectivity index is 1.11. The molecule has 6 rings (SSSR count). The highest BCUT2D eigenvalue weighted by molar-refractivity contribution is 7.99. The summed E-state index contributed by atoms with van der Waals surface area (Å²) in [4.78, 5) is 34.3. The summed E-state index contributed by atoms with van der Waals surface area (Å²) in [5, 5.41) is 10.9. The number of carbonyl (C=O) groups is 2. The molecular formula is C31H29ClN6O3S. The van der Waals surface area contributed by atoms with E-state index in [4.69, 9.17) is 21.3 Å². The summed E-state index contributed by atoms with van der Waals surface area (Å²) in [5.74, 6) is 0.722. The van der Waals surface area contributed by atoms with Crippen LogP contribution in [0, 0.1) is 0 Å². The molecule has 9 nitrogen and oxygen atoms in total. The second kappa shape index (κ2) is 12.4. The van der Waals surface area contributed by atoms with Crippen LogP contribution in [0.15, 0.2) is 84.0 Å². The molecule has 0 bridgehead atoms. The molecule has 3 aromatic carbocycles. The van der Waals surface area contributed by atoms with Gasteiger partial charge in [0.05, 0.1) is 11.3 Å². The van der Waals surface area contributed by atoms with Crippen LogP contribution in [-0.4, -0.2) is 79.4 Å². The van der Waals surface area contributed by atoms with E-state index in [1.807, 2.05) is 85.8 Å². The fourth-order valence-corrected chi connectivity index (χ4v) is 6.14. The third kappa shape index (κ3) is 6.05. The number of para-hydroxylation sites is 2. The number of benzene rings is 3. The molecule has 1 saturated heterocycles. The fraction of sp³-hybridized carbons (Fsp3) is 0.258. The molecule has 0 radical (unpaired) electrons. The summed E-state index contributed by atoms with van der Waals surface area (Å²) < 4.78 is 7.73. The Labute approximate surface area is 252 Å². The topological polar surface area (TPSA) is 93.5 Å². The first-order valence-corrected chi connectivity index (χ1v) is 15.1. The molecule has 2 amide bonds. The van der Waals surface area contributed by atoms with Gasteiger partial charge in [0.2, 0.25) is 11.1 Å². The minimum absolute atomic E-state index is 0.0253. The van der Waals surface area contributed by atoms with E-state index in [1.165, 1.54) is 11.8 Å². The van der Waals surface area contributed by atoms with Crippen molar-refractivity contribution in [3.05, 3.63) is 89.4 Å². The van der Waals surface area contributed by atoms with E-state index in [-0.39, 0.29) is 30.2 Å². The van der Waals surface area contributed by atoms with Gasteiger partial charge >= 0.3 is 0 Å². The third-order valence-corrected chi connectivity index (χ3v) is 8.37. The predicted molar refractivity (Wildman–Crippen MR) is 164 cm³/mol. The van der Waals surface area contributed by atoms with Crippen LogP contribution >= 0.6 is 23.4 Å². The summed E-state index contributed by atoms with van der Waals surface area (Å²) >= 11 is 7.51. The van der Waals surface area contributed by atoms with Gasteiger partial charge in [-0.1, -0.05) is 71.9 Å². The van der Waals surface area contributed by atoms with Crippen molar-refractivity contribution in [2.75, 3.05) is 32.0 Å². The summed E-state index contributed by atoms with van der Waals surface area (Å²) in [5.41, 5.74) is 3.48. The van der Waals surface area contributed by atoms with Crippen molar-refractivity contribution in [1.82, 2.24) is 29.5 Å². The van der Waals surface area contributed by atoms with Crippen LogP contribution in [0.25, 0.3) is 22.1 Å². The molecule has 1 unspecified atom stereocenters. The van der Waals surface area contributed by atoms with Crippen molar-refractivity contribution in [3.8, 4) is 5.75 Å². The lowest BCUT2D eigenvalue weighted by atomic mass is 10.2. The third-order valence-electron chi connectivity index (χ3n) is 7.32. The number of nitrogens with zero attached hydrogens (tertiary/aromatic N) is 6. The molecule has 0 spiro atoms. The van der Waals surface area contributed by atoms with Gasteiger partial charge in [-0.3, -0.25) is 9.59 Å². The van der Waals surface area contributed by atoms with Gasteiger partial charge in [-0.2, -0.15) is 0 Å². The maximum atomic E-state index is 13.1. The SMILES string of the molecule is CC1CN(C(=O)CSc2nnc3c4ccccc4n(Cc4cccc(Cl)c4)c3n2)CCN1C(=O)COc1ccccc1. The zero-order valence-electron chi connectivity index (χ0n) is 23.0. The smallest absolute Gasteiger partial charge is 0.260 e. The van der Waals surface area contributed by atoms with Crippen LogP contribution in [0.2, 0.25) is 5.02 Å². The van der Waals surface area contributed by atoms with E-state index in [1.54, 1.807) is 9.80 Å². The molecule has 1 atom stereocenters. The van der Waals surface area contributed by atoms with Crippen molar-refractivity contribution < 1.29 is 14.3 Å². The van der Waals surface area contributed by atoms with E-state index < -0.39 is 0 Å². The van der Waals surface area contributed by atoms with Crippen molar-refractivity contribution in [2.24, 2.45) is 0 Å². The number of rotatable bonds is 8. The van der Waals surface area contributed by atoms with Crippen LogP contribution < -0.4 is 4.74 Å². The average Bonchev–Trinajstić information content (AvgIpc) is 3.31. The molecule has 42 heavy (non-hydrogen) atoms. The van der Waals surface area contributed by atoms with Gasteiger partial charge in [0.1, 0.15) is 11.3 Å². The van der Waals surface area contributed by atoms with E-state index in [0.29, 0.717) is 53.3 Å². The number of halogens is 1. The highest BCUT2D eigenvalue weighted by Crippen LogP contribution is 2.28. The lowest BCUT2D eigenvalue weighted by Gasteiger charge is -2.39. The van der Waals surface area contributed by atoms with Crippen LogP contribution in [0.3, 0.4) is 0 Å². The Morgan fingerprint density at radius 2 is 1.79 bits per heavy atom. The lowest BCUT2D eigenvalue weighted by molar-refractivity contribution is -0.142. The lowest BCUT2D eigenvalue weighted by Crippen LogP contribution is -2.56. The van der Waals surface area contributed by atoms with Gasteiger partial charge < -0.3 is 19.1 Å². The quantitative estimate of drug-likeness (QED) is 0.234. The normalized spacial score (nSPS) is 15.3. The molecule has 1 fully saturated rings. The standard InChI is InChI=1S/C31H29ClN6O3S/c1-21-17-36(14-15-37(21)27(39)19-41-24-10-3-2-4-11-24)28(40)20-42-31-33-30-29(34-35-31)25-12-5-6-13-26(25)38(30)18-22-8-7-9-23(32)16-22/h2-13,16,21H,14-15,17-20H2,1H3. The summed E-state index contributed by atoms with van der Waals surface area (Å²) in [6.07, 6.45) is 0. The molecule has 1 aliphatic heterocycles. The number of amides is 2. The van der Waals surface area contributed by atoms with E-state index in [9.17, 15) is 9.59 Å². The molecule has 2 aromatic heterocycles. The summed E-state index contributed by atoms with van der Waals surface area (Å²) in [6.45, 7) is 3.88. The first-order valence-electron chi connectivity index (χ1n) is 13.7. The van der Waals surface area contributed by atoms with Gasteiger partial charge in [-0.05, 0) is 42.8 Å². The van der Waals surface area contributed by atoms with E-state index >= 15 is 0 Å². The number of aromatic nitrogens is 4. The molecule has 0 N–H and O–H groups in total. The highest BCUT2D eigenvalue weighted by Gasteiger charge is 2.30. The molecule has 1 aliphatic rings. The van der Waals surface area contributed by atoms with Gasteiger partial charge in [-0.15, -0.1) is 10.2 Å². The average molecular weight is 601 g/mol. The molecule has 0 saturated carbocycles. The van der Waals surface area contributed by atoms with E-state index in [0.717, 1.165) is 16.5 Å². The Kier molecular flexibility index (Phi) is 8.25. The van der Waals surface area contributed by atoms with Crippen LogP contribution in [0.5, 0.6) is 5.75 Å². The van der Waals surface area contributed by atoms with Crippen LogP contribution in [0.1, 0.15) is 12.5 Å². The molecular weight excluding hydrogens is 572 g/mol. The second-order valence-corrected chi connectivity index (χ2v) is 11.5. The number of hydrogen-bond acceptors (Lipinski definition) is 7. The monoisotopic (exact) mass is 600 g/mol. The fourth-order valence-electron chi connectivity index (χ4n) is 5.25. The zero-order valence-corrected chi connectivity index (χ0v) is 24.6. The Morgan fingerprint density at radius 1 is 0.976 bits per heavy atom. The molecule has 214 valence electrons. The number of ether oxygens (including phenoxy) is 1.